The first-order valence-electron chi connectivity index (χ1n) is 10.9. The van der Waals surface area contributed by atoms with Crippen LogP contribution < -0.4 is 5.73 Å². The van der Waals surface area contributed by atoms with Gasteiger partial charge in [0.25, 0.3) is 0 Å². The van der Waals surface area contributed by atoms with Gasteiger partial charge in [0.2, 0.25) is 0 Å². The molecule has 0 amide bonds. The quantitative estimate of drug-likeness (QED) is 0.414. The Kier molecular flexibility index (Phi) is 5.75. The summed E-state index contributed by atoms with van der Waals surface area (Å²) in [6.07, 6.45) is 0.165. The number of hydrogen-bond donors (Lipinski definition) is 1. The first-order chi connectivity index (χ1) is 16.3. The van der Waals surface area contributed by atoms with E-state index in [9.17, 15) is 13.2 Å². The number of hydrogen-bond acceptors (Lipinski definition) is 5. The molecule has 1 aliphatic heterocycles. The molecular formula is C26H22F3N5. The van der Waals surface area contributed by atoms with Gasteiger partial charge in [-0.05, 0) is 48.0 Å². The fourth-order valence-corrected chi connectivity index (χ4v) is 4.06. The maximum atomic E-state index is 12.8. The number of nitrogens with zero attached hydrogens (tertiary/aromatic N) is 4. The second-order valence-corrected chi connectivity index (χ2v) is 8.38. The molecular weight excluding hydrogens is 439 g/mol. The van der Waals surface area contributed by atoms with Crippen LogP contribution in [0.25, 0.3) is 22.6 Å². The minimum Gasteiger partial charge on any atom is -0.399 e. The first kappa shape index (κ1) is 22.0. The zero-order valence-electron chi connectivity index (χ0n) is 18.3. The highest BCUT2D eigenvalue weighted by molar-refractivity contribution is 5.60. The van der Waals surface area contributed by atoms with E-state index in [4.69, 9.17) is 10.7 Å². The number of pyridine rings is 1. The maximum Gasteiger partial charge on any atom is 0.416 e. The summed E-state index contributed by atoms with van der Waals surface area (Å²) in [6.45, 7) is 2.34. The fourth-order valence-electron chi connectivity index (χ4n) is 4.06. The van der Waals surface area contributed by atoms with Crippen molar-refractivity contribution < 1.29 is 13.2 Å². The van der Waals surface area contributed by atoms with Crippen LogP contribution in [-0.4, -0.2) is 26.4 Å². The number of nitrogens with two attached hydrogens (primary N) is 1. The number of halogens is 3. The molecule has 172 valence electrons. The molecule has 0 saturated heterocycles. The molecule has 0 unspecified atom stereocenters. The summed E-state index contributed by atoms with van der Waals surface area (Å²) in [5, 5.41) is 0. The minimum absolute atomic E-state index is 0.644. The van der Waals surface area contributed by atoms with Crippen molar-refractivity contribution in [3.05, 3.63) is 95.4 Å². The monoisotopic (exact) mass is 461 g/mol. The van der Waals surface area contributed by atoms with E-state index in [1.54, 1.807) is 6.20 Å². The van der Waals surface area contributed by atoms with E-state index in [-0.39, 0.29) is 0 Å². The molecule has 2 N–H and O–H groups in total. The van der Waals surface area contributed by atoms with Gasteiger partial charge in [-0.25, -0.2) is 9.97 Å². The molecule has 34 heavy (non-hydrogen) atoms. The summed E-state index contributed by atoms with van der Waals surface area (Å²) in [6, 6.07) is 16.4. The lowest BCUT2D eigenvalue weighted by Crippen LogP contribution is -2.31. The van der Waals surface area contributed by atoms with Crippen LogP contribution in [0.4, 0.5) is 18.9 Å². The largest absolute Gasteiger partial charge is 0.416 e. The molecule has 2 aromatic carbocycles. The molecule has 0 spiro atoms. The molecule has 2 aromatic heterocycles. The lowest BCUT2D eigenvalue weighted by Gasteiger charge is -2.28. The molecule has 0 bridgehead atoms. The van der Waals surface area contributed by atoms with Gasteiger partial charge in [0.15, 0.2) is 5.82 Å². The van der Waals surface area contributed by atoms with E-state index in [1.807, 2.05) is 42.6 Å². The lowest BCUT2D eigenvalue weighted by atomic mass is 10.1. The number of nitrogen functional groups attached to an aromatic ring is 1. The van der Waals surface area contributed by atoms with Gasteiger partial charge < -0.3 is 5.73 Å². The van der Waals surface area contributed by atoms with Gasteiger partial charge in [-0.3, -0.25) is 9.88 Å². The molecule has 0 fully saturated rings. The molecule has 0 saturated carbocycles. The highest BCUT2D eigenvalue weighted by Gasteiger charge is 2.30. The van der Waals surface area contributed by atoms with Crippen LogP contribution in [0.15, 0.2) is 73.1 Å². The van der Waals surface area contributed by atoms with Crippen LogP contribution >= 0.6 is 0 Å². The van der Waals surface area contributed by atoms with Gasteiger partial charge >= 0.3 is 6.18 Å². The summed E-state index contributed by atoms with van der Waals surface area (Å²) in [5.74, 6) is 0.704. The van der Waals surface area contributed by atoms with E-state index in [1.165, 1.54) is 12.1 Å². The van der Waals surface area contributed by atoms with Crippen molar-refractivity contribution in [3.8, 4) is 22.6 Å². The van der Waals surface area contributed by atoms with E-state index in [2.05, 4.69) is 14.9 Å². The van der Waals surface area contributed by atoms with Gasteiger partial charge in [0, 0.05) is 60.8 Å². The molecule has 3 heterocycles. The van der Waals surface area contributed by atoms with Crippen molar-refractivity contribution in [2.24, 2.45) is 0 Å². The average molecular weight is 461 g/mol. The molecule has 5 nitrogen and oxygen atoms in total. The number of aromatic nitrogens is 3. The van der Waals surface area contributed by atoms with Crippen LogP contribution in [-0.2, 0) is 25.7 Å². The van der Waals surface area contributed by atoms with Gasteiger partial charge in [-0.1, -0.05) is 18.2 Å². The van der Waals surface area contributed by atoms with Gasteiger partial charge in [-0.15, -0.1) is 0 Å². The third-order valence-corrected chi connectivity index (χ3v) is 5.92. The zero-order chi connectivity index (χ0) is 23.7. The Morgan fingerprint density at radius 1 is 0.853 bits per heavy atom. The van der Waals surface area contributed by atoms with E-state index >= 15 is 0 Å². The van der Waals surface area contributed by atoms with E-state index < -0.39 is 11.7 Å². The second-order valence-electron chi connectivity index (χ2n) is 8.38. The summed E-state index contributed by atoms with van der Waals surface area (Å²) in [7, 11) is 0. The topological polar surface area (TPSA) is 67.9 Å². The van der Waals surface area contributed by atoms with Gasteiger partial charge in [-0.2, -0.15) is 13.2 Å². The molecule has 0 aliphatic carbocycles. The van der Waals surface area contributed by atoms with Gasteiger partial charge in [0.1, 0.15) is 0 Å². The second kappa shape index (κ2) is 8.87. The van der Waals surface area contributed by atoms with Crippen LogP contribution in [0.2, 0.25) is 0 Å². The van der Waals surface area contributed by atoms with Crippen LogP contribution in [0.1, 0.15) is 22.4 Å². The van der Waals surface area contributed by atoms with Crippen molar-refractivity contribution in [1.82, 2.24) is 19.9 Å². The Morgan fingerprint density at radius 2 is 1.59 bits per heavy atom. The SMILES string of the molecule is Nc1ccc(-c2ncc3c(n2)CCN(Cc2ccc(-c4ccc(C(F)(F)F)cc4)nc2)C3)cc1. The first-order valence-corrected chi connectivity index (χ1v) is 10.9. The Labute approximate surface area is 195 Å². The zero-order valence-corrected chi connectivity index (χ0v) is 18.3. The number of fused-ring (bicyclic) bond motifs is 1. The highest BCUT2D eigenvalue weighted by Crippen LogP contribution is 2.30. The normalized spacial score (nSPS) is 14.1. The summed E-state index contributed by atoms with van der Waals surface area (Å²) < 4.78 is 38.3. The van der Waals surface area contributed by atoms with Crippen molar-refractivity contribution in [3.63, 3.8) is 0 Å². The van der Waals surface area contributed by atoms with Crippen molar-refractivity contribution in [2.75, 3.05) is 12.3 Å². The van der Waals surface area contributed by atoms with E-state index in [0.717, 1.165) is 60.6 Å². The maximum absolute atomic E-state index is 12.8. The Balaban J connectivity index is 1.24. The predicted molar refractivity (Wildman–Crippen MR) is 124 cm³/mol. The summed E-state index contributed by atoms with van der Waals surface area (Å²) in [5.41, 5.74) is 11.3. The van der Waals surface area contributed by atoms with E-state index in [0.29, 0.717) is 22.8 Å². The van der Waals surface area contributed by atoms with Crippen molar-refractivity contribution in [1.29, 1.82) is 0 Å². The lowest BCUT2D eigenvalue weighted by molar-refractivity contribution is -0.137. The predicted octanol–water partition coefficient (Wildman–Crippen LogP) is 5.36. The Hall–Kier alpha value is -3.78. The molecule has 4 aromatic rings. The smallest absolute Gasteiger partial charge is 0.399 e. The van der Waals surface area contributed by atoms with Gasteiger partial charge in [0.05, 0.1) is 17.0 Å². The number of alkyl halides is 3. The standard InChI is InChI=1S/C26H22F3N5/c27-26(28,29)21-6-2-18(3-7-21)23-10-1-17(13-31-23)15-34-12-11-24-20(16-34)14-32-25(33-24)19-4-8-22(30)9-5-19/h1-10,13-14H,11-12,15-16,30H2. The average Bonchev–Trinajstić information content (AvgIpc) is 2.84. The molecule has 5 rings (SSSR count). The molecule has 8 heteroatoms. The number of rotatable bonds is 4. The molecule has 0 radical (unpaired) electrons. The summed E-state index contributed by atoms with van der Waals surface area (Å²) >= 11 is 0. The highest BCUT2D eigenvalue weighted by atomic mass is 19.4. The third-order valence-electron chi connectivity index (χ3n) is 5.92. The van der Waals surface area contributed by atoms with Crippen LogP contribution in [0, 0.1) is 0 Å². The Bertz CT molecular complexity index is 1280. The Morgan fingerprint density at radius 3 is 2.26 bits per heavy atom. The molecule has 0 atom stereocenters. The van der Waals surface area contributed by atoms with Crippen molar-refractivity contribution >= 4 is 5.69 Å². The number of benzene rings is 2. The van der Waals surface area contributed by atoms with Crippen molar-refractivity contribution in [2.45, 2.75) is 25.7 Å². The summed E-state index contributed by atoms with van der Waals surface area (Å²) in [4.78, 5) is 16.1. The fraction of sp³-hybridized carbons (Fsp3) is 0.192. The minimum atomic E-state index is -4.34. The van der Waals surface area contributed by atoms with Crippen LogP contribution in [0.3, 0.4) is 0 Å². The number of anilines is 1. The molecule has 1 aliphatic rings. The van der Waals surface area contributed by atoms with Crippen LogP contribution in [0.5, 0.6) is 0 Å². The third kappa shape index (κ3) is 4.77.